The number of halogens is 3. The van der Waals surface area contributed by atoms with Crippen molar-refractivity contribution >= 4 is 23.2 Å². The minimum atomic E-state index is -4.84. The number of carbonyl (C=O) groups is 2. The van der Waals surface area contributed by atoms with E-state index >= 15 is 0 Å². The van der Waals surface area contributed by atoms with Gasteiger partial charge < -0.3 is 15.1 Å². The van der Waals surface area contributed by atoms with Crippen LogP contribution in [0.4, 0.5) is 24.5 Å². The molecule has 34 heavy (non-hydrogen) atoms. The molecule has 0 bridgehead atoms. The van der Waals surface area contributed by atoms with E-state index in [9.17, 15) is 27.6 Å². The number of furan rings is 1. The molecular formula is C23H15F3N4O4. The number of para-hydroxylation sites is 1. The molecule has 2 aromatic carbocycles. The maximum Gasteiger partial charge on any atom is 0.418 e. The van der Waals surface area contributed by atoms with Crippen molar-refractivity contribution in [3.63, 3.8) is 0 Å². The van der Waals surface area contributed by atoms with Crippen LogP contribution < -0.4 is 16.2 Å². The largest absolute Gasteiger partial charge is 0.459 e. The molecule has 2 amide bonds. The number of nitrogens with zero attached hydrogens (tertiary/aromatic N) is 2. The Morgan fingerprint density at radius 3 is 2.32 bits per heavy atom. The van der Waals surface area contributed by atoms with Crippen LogP contribution in [0, 0.1) is 0 Å². The van der Waals surface area contributed by atoms with E-state index < -0.39 is 34.8 Å². The SMILES string of the molecule is O=C(Nc1ccc(NC(=O)c2ccco2)cc1C(F)(F)F)c1ccc(=O)n(-c2ccccc2)n1. The number of carbonyl (C=O) groups excluding carboxylic acids is 2. The van der Waals surface area contributed by atoms with E-state index in [1.165, 1.54) is 24.5 Å². The zero-order valence-corrected chi connectivity index (χ0v) is 17.2. The molecule has 0 radical (unpaired) electrons. The van der Waals surface area contributed by atoms with Crippen molar-refractivity contribution in [1.29, 1.82) is 0 Å². The van der Waals surface area contributed by atoms with Crippen molar-refractivity contribution in [2.45, 2.75) is 6.18 Å². The number of hydrogen-bond donors (Lipinski definition) is 2. The summed E-state index contributed by atoms with van der Waals surface area (Å²) in [6.07, 6.45) is -3.59. The maximum absolute atomic E-state index is 13.7. The fourth-order valence-corrected chi connectivity index (χ4v) is 3.04. The first-order valence-electron chi connectivity index (χ1n) is 9.75. The van der Waals surface area contributed by atoms with E-state index in [1.54, 1.807) is 30.3 Å². The molecule has 0 aliphatic rings. The summed E-state index contributed by atoms with van der Waals surface area (Å²) < 4.78 is 46.9. The lowest BCUT2D eigenvalue weighted by Crippen LogP contribution is -2.25. The third kappa shape index (κ3) is 4.88. The standard InChI is InChI=1S/C23H15F3N4O4/c24-23(25,26)16-13-14(27-22(33)19-7-4-12-34-19)8-9-17(16)28-21(32)18-10-11-20(31)30(29-18)15-5-2-1-3-6-15/h1-13H,(H,27,33)(H,28,32). The van der Waals surface area contributed by atoms with Crippen LogP contribution in [0.25, 0.3) is 5.69 Å². The molecule has 4 rings (SSSR count). The van der Waals surface area contributed by atoms with E-state index in [-0.39, 0.29) is 17.1 Å². The van der Waals surface area contributed by atoms with Gasteiger partial charge in [0.15, 0.2) is 5.76 Å². The number of anilines is 2. The topological polar surface area (TPSA) is 106 Å². The highest BCUT2D eigenvalue weighted by molar-refractivity contribution is 6.04. The van der Waals surface area contributed by atoms with Crippen molar-refractivity contribution in [2.24, 2.45) is 0 Å². The van der Waals surface area contributed by atoms with E-state index in [0.717, 1.165) is 22.9 Å². The Labute approximate surface area is 189 Å². The molecule has 2 N–H and O–H groups in total. The van der Waals surface area contributed by atoms with Gasteiger partial charge in [0, 0.05) is 11.8 Å². The lowest BCUT2D eigenvalue weighted by atomic mass is 10.1. The number of nitrogens with one attached hydrogen (secondary N) is 2. The zero-order valence-electron chi connectivity index (χ0n) is 17.2. The van der Waals surface area contributed by atoms with Crippen molar-refractivity contribution in [1.82, 2.24) is 9.78 Å². The molecule has 0 saturated carbocycles. The molecular weight excluding hydrogens is 453 g/mol. The maximum atomic E-state index is 13.7. The van der Waals surface area contributed by atoms with Crippen LogP contribution in [0.5, 0.6) is 0 Å². The summed E-state index contributed by atoms with van der Waals surface area (Å²) in [5.41, 5.74) is -2.29. The zero-order chi connectivity index (χ0) is 24.3. The van der Waals surface area contributed by atoms with Crippen molar-refractivity contribution in [3.8, 4) is 5.69 Å². The molecule has 8 nitrogen and oxygen atoms in total. The number of rotatable bonds is 5. The Balaban J connectivity index is 1.61. The molecule has 172 valence electrons. The van der Waals surface area contributed by atoms with Gasteiger partial charge in [-0.3, -0.25) is 14.4 Å². The molecule has 0 atom stereocenters. The van der Waals surface area contributed by atoms with Crippen LogP contribution in [0.1, 0.15) is 26.6 Å². The van der Waals surface area contributed by atoms with Gasteiger partial charge in [0.1, 0.15) is 5.69 Å². The average molecular weight is 468 g/mol. The molecule has 0 aliphatic heterocycles. The predicted molar refractivity (Wildman–Crippen MR) is 116 cm³/mol. The number of hydrogen-bond acceptors (Lipinski definition) is 5. The first kappa shape index (κ1) is 22.5. The van der Waals surface area contributed by atoms with Gasteiger partial charge in [0.2, 0.25) is 0 Å². The summed E-state index contributed by atoms with van der Waals surface area (Å²) in [5.74, 6) is -1.77. The minimum Gasteiger partial charge on any atom is -0.459 e. The Bertz CT molecular complexity index is 1400. The molecule has 2 heterocycles. The first-order valence-corrected chi connectivity index (χ1v) is 9.75. The highest BCUT2D eigenvalue weighted by atomic mass is 19.4. The smallest absolute Gasteiger partial charge is 0.418 e. The third-order valence-electron chi connectivity index (χ3n) is 4.61. The Morgan fingerprint density at radius 2 is 1.65 bits per heavy atom. The van der Waals surface area contributed by atoms with Crippen LogP contribution in [-0.2, 0) is 6.18 Å². The molecule has 4 aromatic rings. The van der Waals surface area contributed by atoms with Gasteiger partial charge in [0.05, 0.1) is 23.2 Å². The Kier molecular flexibility index (Phi) is 6.00. The Morgan fingerprint density at radius 1 is 0.882 bits per heavy atom. The average Bonchev–Trinajstić information content (AvgIpc) is 3.35. The minimum absolute atomic E-state index is 0.0782. The van der Waals surface area contributed by atoms with Gasteiger partial charge >= 0.3 is 6.18 Å². The second-order valence-electron chi connectivity index (χ2n) is 6.95. The molecule has 0 saturated heterocycles. The lowest BCUT2D eigenvalue weighted by Gasteiger charge is -2.16. The summed E-state index contributed by atoms with van der Waals surface area (Å²) in [6.45, 7) is 0. The Hall–Kier alpha value is -4.67. The normalized spacial score (nSPS) is 11.1. The second kappa shape index (κ2) is 9.06. The van der Waals surface area contributed by atoms with Gasteiger partial charge in [-0.25, -0.2) is 0 Å². The van der Waals surface area contributed by atoms with Crippen LogP contribution >= 0.6 is 0 Å². The fraction of sp³-hybridized carbons (Fsp3) is 0.0435. The summed E-state index contributed by atoms with van der Waals surface area (Å²) >= 11 is 0. The van der Waals surface area contributed by atoms with Crippen molar-refractivity contribution in [3.05, 3.63) is 106 Å². The summed E-state index contributed by atoms with van der Waals surface area (Å²) in [4.78, 5) is 36.9. The highest BCUT2D eigenvalue weighted by Gasteiger charge is 2.34. The first-order chi connectivity index (χ1) is 16.2. The quantitative estimate of drug-likeness (QED) is 0.453. The fourth-order valence-electron chi connectivity index (χ4n) is 3.04. The van der Waals surface area contributed by atoms with Gasteiger partial charge in [-0.15, -0.1) is 0 Å². The third-order valence-corrected chi connectivity index (χ3v) is 4.61. The molecule has 0 aliphatic carbocycles. The number of aromatic nitrogens is 2. The summed E-state index contributed by atoms with van der Waals surface area (Å²) in [5, 5.41) is 8.44. The molecule has 11 heteroatoms. The van der Waals surface area contributed by atoms with Crippen LogP contribution in [-0.4, -0.2) is 21.6 Å². The van der Waals surface area contributed by atoms with Crippen LogP contribution in [0.2, 0.25) is 0 Å². The lowest BCUT2D eigenvalue weighted by molar-refractivity contribution is -0.136. The van der Waals surface area contributed by atoms with E-state index in [2.05, 4.69) is 15.7 Å². The highest BCUT2D eigenvalue weighted by Crippen LogP contribution is 2.37. The predicted octanol–water partition coefficient (Wildman–Crippen LogP) is 4.35. The van der Waals surface area contributed by atoms with Crippen molar-refractivity contribution < 1.29 is 27.2 Å². The van der Waals surface area contributed by atoms with Crippen LogP contribution in [0.15, 0.2) is 88.3 Å². The van der Waals surface area contributed by atoms with Crippen molar-refractivity contribution in [2.75, 3.05) is 10.6 Å². The number of benzene rings is 2. The summed E-state index contributed by atoms with van der Waals surface area (Å²) in [7, 11) is 0. The molecule has 0 fully saturated rings. The van der Waals surface area contributed by atoms with E-state index in [4.69, 9.17) is 4.42 Å². The number of amides is 2. The monoisotopic (exact) mass is 468 g/mol. The van der Waals surface area contributed by atoms with Gasteiger partial charge in [-0.1, -0.05) is 18.2 Å². The second-order valence-corrected chi connectivity index (χ2v) is 6.95. The summed E-state index contributed by atoms with van der Waals surface area (Å²) in [6, 6.07) is 16.2. The molecule has 0 spiro atoms. The van der Waals surface area contributed by atoms with Gasteiger partial charge in [-0.05, 0) is 48.5 Å². The van der Waals surface area contributed by atoms with E-state index in [0.29, 0.717) is 11.8 Å². The van der Waals surface area contributed by atoms with Gasteiger partial charge in [-0.2, -0.15) is 23.0 Å². The van der Waals surface area contributed by atoms with Crippen LogP contribution in [0.3, 0.4) is 0 Å². The molecule has 0 unspecified atom stereocenters. The molecule has 2 aromatic heterocycles. The van der Waals surface area contributed by atoms with E-state index in [1.807, 2.05) is 0 Å². The van der Waals surface area contributed by atoms with Gasteiger partial charge in [0.25, 0.3) is 17.4 Å². The number of alkyl halides is 3.